The van der Waals surface area contributed by atoms with E-state index in [1.54, 1.807) is 6.92 Å². The second-order valence-electron chi connectivity index (χ2n) is 8.04. The molecule has 2 aliphatic heterocycles. The Labute approximate surface area is 175 Å². The molecule has 0 bridgehead atoms. The lowest BCUT2D eigenvalue weighted by Gasteiger charge is -2.34. The minimum absolute atomic E-state index is 0.0360. The van der Waals surface area contributed by atoms with Crippen molar-refractivity contribution in [2.75, 3.05) is 31.5 Å². The molecule has 0 unspecified atom stereocenters. The van der Waals surface area contributed by atoms with E-state index >= 15 is 0 Å². The van der Waals surface area contributed by atoms with Gasteiger partial charge in [0, 0.05) is 55.1 Å². The van der Waals surface area contributed by atoms with Crippen LogP contribution in [0.25, 0.3) is 11.4 Å². The minimum Gasteiger partial charge on any atom is -0.326 e. The van der Waals surface area contributed by atoms with Crippen LogP contribution in [0.4, 0.5) is 10.5 Å². The third kappa shape index (κ3) is 4.53. The summed E-state index contributed by atoms with van der Waals surface area (Å²) >= 11 is 0. The van der Waals surface area contributed by atoms with Crippen molar-refractivity contribution in [1.82, 2.24) is 19.8 Å². The summed E-state index contributed by atoms with van der Waals surface area (Å²) < 4.78 is 0. The van der Waals surface area contributed by atoms with Crippen LogP contribution in [-0.4, -0.2) is 57.9 Å². The lowest BCUT2D eigenvalue weighted by Crippen LogP contribution is -2.47. The molecule has 2 aliphatic rings. The molecule has 3 amide bonds. The Kier molecular flexibility index (Phi) is 5.83. The van der Waals surface area contributed by atoms with Gasteiger partial charge in [0.25, 0.3) is 5.56 Å². The van der Waals surface area contributed by atoms with E-state index < -0.39 is 0 Å². The zero-order valence-electron chi connectivity index (χ0n) is 17.2. The lowest BCUT2D eigenvalue weighted by molar-refractivity contribution is -0.121. The van der Waals surface area contributed by atoms with Gasteiger partial charge in [0.15, 0.2) is 0 Å². The van der Waals surface area contributed by atoms with Crippen molar-refractivity contribution in [3.8, 4) is 11.4 Å². The standard InChI is InChI=1S/C22H27N5O3/c1-15-13-19(28)25-20(23-15)17-5-4-6-18(14-17)24-21(29)16-7-11-27(12-8-16)22(30)26-9-2-3-10-26/h4-6,13-14,16H,2-3,7-12H2,1H3,(H,24,29)(H,23,25,28). The summed E-state index contributed by atoms with van der Waals surface area (Å²) in [7, 11) is 0. The Balaban J connectivity index is 1.36. The highest BCUT2D eigenvalue weighted by atomic mass is 16.2. The maximum absolute atomic E-state index is 12.8. The molecular weight excluding hydrogens is 382 g/mol. The summed E-state index contributed by atoms with van der Waals surface area (Å²) in [5.74, 6) is 0.323. The molecule has 2 aromatic rings. The van der Waals surface area contributed by atoms with Crippen LogP contribution >= 0.6 is 0 Å². The van der Waals surface area contributed by atoms with Gasteiger partial charge in [-0.15, -0.1) is 0 Å². The first-order valence-corrected chi connectivity index (χ1v) is 10.5. The first-order valence-electron chi connectivity index (χ1n) is 10.5. The fourth-order valence-electron chi connectivity index (χ4n) is 4.15. The second-order valence-corrected chi connectivity index (χ2v) is 8.04. The Hall–Kier alpha value is -3.16. The van der Waals surface area contributed by atoms with Crippen LogP contribution < -0.4 is 10.9 Å². The molecule has 0 aliphatic carbocycles. The van der Waals surface area contributed by atoms with Gasteiger partial charge in [0.1, 0.15) is 5.82 Å². The molecule has 2 N–H and O–H groups in total. The van der Waals surface area contributed by atoms with Gasteiger partial charge in [-0.05, 0) is 44.7 Å². The van der Waals surface area contributed by atoms with Crippen LogP contribution in [0.2, 0.25) is 0 Å². The van der Waals surface area contributed by atoms with E-state index in [-0.39, 0.29) is 23.4 Å². The normalized spacial score (nSPS) is 17.2. The molecule has 3 heterocycles. The predicted molar refractivity (Wildman–Crippen MR) is 114 cm³/mol. The third-order valence-electron chi connectivity index (χ3n) is 5.79. The molecule has 8 nitrogen and oxygen atoms in total. The average molecular weight is 409 g/mol. The SMILES string of the molecule is Cc1cc(=O)[nH]c(-c2cccc(NC(=O)C3CCN(C(=O)N4CCCC4)CC3)c2)n1. The Bertz CT molecular complexity index is 988. The molecule has 2 saturated heterocycles. The quantitative estimate of drug-likeness (QED) is 0.814. The van der Waals surface area contributed by atoms with Gasteiger partial charge in [0.05, 0.1) is 0 Å². The number of hydrogen-bond acceptors (Lipinski definition) is 4. The number of carbonyl (C=O) groups excluding carboxylic acids is 2. The number of aromatic nitrogens is 2. The zero-order chi connectivity index (χ0) is 21.1. The molecule has 1 aromatic heterocycles. The number of nitrogens with one attached hydrogen (secondary N) is 2. The number of urea groups is 1. The summed E-state index contributed by atoms with van der Waals surface area (Å²) in [5.41, 5.74) is 1.83. The number of carbonyl (C=O) groups is 2. The van der Waals surface area contributed by atoms with Crippen molar-refractivity contribution in [2.45, 2.75) is 32.6 Å². The first-order chi connectivity index (χ1) is 14.5. The molecular formula is C22H27N5O3. The molecule has 0 spiro atoms. The maximum Gasteiger partial charge on any atom is 0.319 e. The van der Waals surface area contributed by atoms with Crippen molar-refractivity contribution in [1.29, 1.82) is 0 Å². The van der Waals surface area contributed by atoms with Gasteiger partial charge in [-0.3, -0.25) is 9.59 Å². The smallest absolute Gasteiger partial charge is 0.319 e. The molecule has 4 rings (SSSR count). The number of benzene rings is 1. The molecule has 30 heavy (non-hydrogen) atoms. The van der Waals surface area contributed by atoms with Crippen LogP contribution in [0.3, 0.4) is 0 Å². The van der Waals surface area contributed by atoms with Crippen LogP contribution in [0, 0.1) is 12.8 Å². The summed E-state index contributed by atoms with van der Waals surface area (Å²) in [5, 5.41) is 2.98. The number of H-pyrrole nitrogens is 1. The molecule has 158 valence electrons. The van der Waals surface area contributed by atoms with Gasteiger partial charge in [-0.25, -0.2) is 9.78 Å². The highest BCUT2D eigenvalue weighted by molar-refractivity contribution is 5.93. The summed E-state index contributed by atoms with van der Waals surface area (Å²) in [6, 6.07) is 8.85. The van der Waals surface area contributed by atoms with Crippen molar-refractivity contribution in [3.05, 3.63) is 46.4 Å². The van der Waals surface area contributed by atoms with Crippen LogP contribution in [0.5, 0.6) is 0 Å². The van der Waals surface area contributed by atoms with Crippen molar-refractivity contribution >= 4 is 17.6 Å². The van der Waals surface area contributed by atoms with Crippen molar-refractivity contribution < 1.29 is 9.59 Å². The molecule has 1 aromatic carbocycles. The van der Waals surface area contributed by atoms with Crippen LogP contribution in [0.1, 0.15) is 31.4 Å². The average Bonchev–Trinajstić information content (AvgIpc) is 3.28. The molecule has 0 atom stereocenters. The number of piperidine rings is 1. The topological polar surface area (TPSA) is 98.4 Å². The number of aryl methyl sites for hydroxylation is 1. The maximum atomic E-state index is 12.8. The van der Waals surface area contributed by atoms with Gasteiger partial charge in [0.2, 0.25) is 5.91 Å². The minimum atomic E-state index is -0.206. The largest absolute Gasteiger partial charge is 0.326 e. The number of amides is 3. The second kappa shape index (κ2) is 8.69. The number of aromatic amines is 1. The van der Waals surface area contributed by atoms with E-state index in [0.29, 0.717) is 43.1 Å². The van der Waals surface area contributed by atoms with Crippen molar-refractivity contribution in [3.63, 3.8) is 0 Å². The van der Waals surface area contributed by atoms with Gasteiger partial charge >= 0.3 is 6.03 Å². The molecule has 0 saturated carbocycles. The van der Waals surface area contributed by atoms with E-state index in [9.17, 15) is 14.4 Å². The molecule has 0 radical (unpaired) electrons. The third-order valence-corrected chi connectivity index (χ3v) is 5.79. The zero-order valence-corrected chi connectivity index (χ0v) is 17.2. The fourth-order valence-corrected chi connectivity index (χ4v) is 4.15. The summed E-state index contributed by atoms with van der Waals surface area (Å²) in [4.78, 5) is 47.9. The highest BCUT2D eigenvalue weighted by Gasteiger charge is 2.30. The number of hydrogen-bond donors (Lipinski definition) is 2. The van der Waals surface area contributed by atoms with Gasteiger partial charge < -0.3 is 20.1 Å². The Morgan fingerprint density at radius 2 is 1.77 bits per heavy atom. The van der Waals surface area contributed by atoms with E-state index in [0.717, 1.165) is 31.5 Å². The monoisotopic (exact) mass is 409 g/mol. The number of anilines is 1. The Morgan fingerprint density at radius 3 is 2.47 bits per heavy atom. The number of rotatable bonds is 3. The van der Waals surface area contributed by atoms with Crippen LogP contribution in [-0.2, 0) is 4.79 Å². The van der Waals surface area contributed by atoms with Crippen molar-refractivity contribution in [2.24, 2.45) is 5.92 Å². The Morgan fingerprint density at radius 1 is 1.07 bits per heavy atom. The van der Waals surface area contributed by atoms with E-state index in [4.69, 9.17) is 0 Å². The summed E-state index contributed by atoms with van der Waals surface area (Å²) in [6.07, 6.45) is 3.49. The lowest BCUT2D eigenvalue weighted by atomic mass is 9.96. The predicted octanol–water partition coefficient (Wildman–Crippen LogP) is 2.61. The first kappa shape index (κ1) is 20.1. The van der Waals surface area contributed by atoms with Gasteiger partial charge in [-0.2, -0.15) is 0 Å². The number of nitrogens with zero attached hydrogens (tertiary/aromatic N) is 3. The number of likely N-dealkylation sites (tertiary alicyclic amines) is 2. The van der Waals surface area contributed by atoms with Crippen LogP contribution in [0.15, 0.2) is 35.1 Å². The van der Waals surface area contributed by atoms with E-state index in [1.165, 1.54) is 6.07 Å². The van der Waals surface area contributed by atoms with Gasteiger partial charge in [-0.1, -0.05) is 12.1 Å². The van der Waals surface area contributed by atoms with E-state index in [1.807, 2.05) is 34.1 Å². The fraction of sp³-hybridized carbons (Fsp3) is 0.455. The molecule has 2 fully saturated rings. The van der Waals surface area contributed by atoms with E-state index in [2.05, 4.69) is 15.3 Å². The molecule has 8 heteroatoms. The highest BCUT2D eigenvalue weighted by Crippen LogP contribution is 2.23. The summed E-state index contributed by atoms with van der Waals surface area (Å²) in [6.45, 7) is 4.68.